The lowest BCUT2D eigenvalue weighted by molar-refractivity contribution is -0.143. The summed E-state index contributed by atoms with van der Waals surface area (Å²) < 4.78 is 4.80. The first-order chi connectivity index (χ1) is 8.31. The number of carbonyl (C=O) groups excluding carboxylic acids is 1. The Morgan fingerprint density at radius 3 is 2.26 bits per heavy atom. The van der Waals surface area contributed by atoms with Gasteiger partial charge in [0, 0.05) is 5.54 Å². The molecule has 0 bridgehead atoms. The maximum atomic E-state index is 11.7. The SMILES string of the molecule is COC(=O)[C@H](Cc1ccc(O)cc1)NC(C)(C)C.Cl. The summed E-state index contributed by atoms with van der Waals surface area (Å²) in [6.45, 7) is 6.00. The molecule has 0 saturated heterocycles. The normalized spacial score (nSPS) is 12.4. The molecule has 0 aliphatic heterocycles. The zero-order valence-corrected chi connectivity index (χ0v) is 12.6. The number of ether oxygens (including phenoxy) is 1. The van der Waals surface area contributed by atoms with Crippen LogP contribution in [0.1, 0.15) is 26.3 Å². The van der Waals surface area contributed by atoms with Crippen LogP contribution in [0.4, 0.5) is 0 Å². The van der Waals surface area contributed by atoms with Gasteiger partial charge in [0.2, 0.25) is 0 Å². The van der Waals surface area contributed by atoms with E-state index in [0.29, 0.717) is 6.42 Å². The number of nitrogens with one attached hydrogen (secondary N) is 1. The van der Waals surface area contributed by atoms with Crippen molar-refractivity contribution in [3.63, 3.8) is 0 Å². The Kier molecular flexibility index (Phi) is 6.87. The number of phenols is 1. The van der Waals surface area contributed by atoms with Crippen molar-refractivity contribution in [2.75, 3.05) is 7.11 Å². The average molecular weight is 288 g/mol. The third-order valence-electron chi connectivity index (χ3n) is 2.47. The van der Waals surface area contributed by atoms with Gasteiger partial charge in [0.05, 0.1) is 7.11 Å². The highest BCUT2D eigenvalue weighted by atomic mass is 35.5. The van der Waals surface area contributed by atoms with E-state index in [1.807, 2.05) is 20.8 Å². The van der Waals surface area contributed by atoms with E-state index in [2.05, 4.69) is 5.32 Å². The zero-order valence-electron chi connectivity index (χ0n) is 11.8. The summed E-state index contributed by atoms with van der Waals surface area (Å²) in [7, 11) is 1.39. The van der Waals surface area contributed by atoms with Crippen LogP contribution in [0, 0.1) is 0 Å². The van der Waals surface area contributed by atoms with Crippen molar-refractivity contribution in [2.24, 2.45) is 0 Å². The van der Waals surface area contributed by atoms with Crippen molar-refractivity contribution in [1.29, 1.82) is 0 Å². The third kappa shape index (κ3) is 6.45. The number of phenolic OH excluding ortho intramolecular Hbond substituents is 1. The van der Waals surface area contributed by atoms with E-state index in [1.165, 1.54) is 7.11 Å². The quantitative estimate of drug-likeness (QED) is 0.834. The fraction of sp³-hybridized carbons (Fsp3) is 0.500. The highest BCUT2D eigenvalue weighted by molar-refractivity contribution is 5.85. The molecule has 0 radical (unpaired) electrons. The van der Waals surface area contributed by atoms with E-state index in [-0.39, 0.29) is 35.7 Å². The van der Waals surface area contributed by atoms with Crippen LogP contribution in [0.15, 0.2) is 24.3 Å². The molecule has 0 aliphatic carbocycles. The Morgan fingerprint density at radius 2 is 1.84 bits per heavy atom. The van der Waals surface area contributed by atoms with Gasteiger partial charge < -0.3 is 9.84 Å². The Balaban J connectivity index is 0.00000324. The van der Waals surface area contributed by atoms with Gasteiger partial charge in [0.1, 0.15) is 11.8 Å². The number of hydrogen-bond donors (Lipinski definition) is 2. The maximum absolute atomic E-state index is 11.7. The highest BCUT2D eigenvalue weighted by Crippen LogP contribution is 2.13. The molecule has 5 heteroatoms. The van der Waals surface area contributed by atoms with Gasteiger partial charge >= 0.3 is 5.97 Å². The van der Waals surface area contributed by atoms with E-state index < -0.39 is 0 Å². The molecular formula is C14H22ClNO3. The lowest BCUT2D eigenvalue weighted by Gasteiger charge is -2.27. The van der Waals surface area contributed by atoms with Gasteiger partial charge in [0.25, 0.3) is 0 Å². The lowest BCUT2D eigenvalue weighted by Crippen LogP contribution is -2.49. The molecule has 1 rings (SSSR count). The van der Waals surface area contributed by atoms with Gasteiger partial charge in [-0.05, 0) is 44.9 Å². The summed E-state index contributed by atoms with van der Waals surface area (Å²) >= 11 is 0. The Labute approximate surface area is 120 Å². The molecule has 0 aromatic heterocycles. The minimum atomic E-state index is -0.389. The molecule has 0 aliphatic rings. The van der Waals surface area contributed by atoms with Gasteiger partial charge in [-0.1, -0.05) is 12.1 Å². The van der Waals surface area contributed by atoms with Crippen molar-refractivity contribution in [2.45, 2.75) is 38.8 Å². The first-order valence-electron chi connectivity index (χ1n) is 5.95. The van der Waals surface area contributed by atoms with Crippen molar-refractivity contribution in [3.8, 4) is 5.75 Å². The molecule has 2 N–H and O–H groups in total. The number of halogens is 1. The second-order valence-corrected chi connectivity index (χ2v) is 5.34. The summed E-state index contributed by atoms with van der Waals surface area (Å²) in [5, 5.41) is 12.5. The van der Waals surface area contributed by atoms with Crippen LogP contribution in [-0.2, 0) is 16.0 Å². The van der Waals surface area contributed by atoms with Gasteiger partial charge in [0.15, 0.2) is 0 Å². The topological polar surface area (TPSA) is 58.6 Å². The highest BCUT2D eigenvalue weighted by Gasteiger charge is 2.24. The Morgan fingerprint density at radius 1 is 1.32 bits per heavy atom. The van der Waals surface area contributed by atoms with Crippen LogP contribution >= 0.6 is 12.4 Å². The molecule has 108 valence electrons. The maximum Gasteiger partial charge on any atom is 0.323 e. The van der Waals surface area contributed by atoms with Crippen LogP contribution in [0.3, 0.4) is 0 Å². The van der Waals surface area contributed by atoms with Gasteiger partial charge in [-0.15, -0.1) is 12.4 Å². The van der Waals surface area contributed by atoms with E-state index in [1.54, 1.807) is 24.3 Å². The van der Waals surface area contributed by atoms with Gasteiger partial charge in [-0.25, -0.2) is 0 Å². The van der Waals surface area contributed by atoms with Crippen LogP contribution < -0.4 is 5.32 Å². The molecule has 4 nitrogen and oxygen atoms in total. The molecule has 0 saturated carbocycles. The smallest absolute Gasteiger partial charge is 0.323 e. The Hall–Kier alpha value is -1.26. The van der Waals surface area contributed by atoms with Gasteiger partial charge in [-0.3, -0.25) is 10.1 Å². The summed E-state index contributed by atoms with van der Waals surface area (Å²) in [6, 6.07) is 6.44. The minimum Gasteiger partial charge on any atom is -0.508 e. The number of benzene rings is 1. The summed E-state index contributed by atoms with van der Waals surface area (Å²) in [4.78, 5) is 11.7. The number of methoxy groups -OCH3 is 1. The van der Waals surface area contributed by atoms with Crippen LogP contribution in [-0.4, -0.2) is 29.8 Å². The second kappa shape index (κ2) is 7.36. The molecule has 0 spiro atoms. The van der Waals surface area contributed by atoms with Crippen molar-refractivity contribution in [3.05, 3.63) is 29.8 Å². The Bertz CT molecular complexity index is 398. The van der Waals surface area contributed by atoms with Crippen LogP contribution in [0.2, 0.25) is 0 Å². The van der Waals surface area contributed by atoms with Crippen molar-refractivity contribution in [1.82, 2.24) is 5.32 Å². The molecule has 1 aromatic carbocycles. The molecule has 19 heavy (non-hydrogen) atoms. The molecule has 0 fully saturated rings. The van der Waals surface area contributed by atoms with E-state index in [0.717, 1.165) is 5.56 Å². The zero-order chi connectivity index (χ0) is 13.8. The first kappa shape index (κ1) is 17.7. The van der Waals surface area contributed by atoms with E-state index >= 15 is 0 Å². The third-order valence-corrected chi connectivity index (χ3v) is 2.47. The average Bonchev–Trinajstić information content (AvgIpc) is 2.28. The molecule has 0 amide bonds. The lowest BCUT2D eigenvalue weighted by atomic mass is 10.0. The molecule has 1 aromatic rings. The fourth-order valence-corrected chi connectivity index (χ4v) is 1.73. The predicted molar refractivity (Wildman–Crippen MR) is 77.8 cm³/mol. The number of aromatic hydroxyl groups is 1. The summed E-state index contributed by atoms with van der Waals surface area (Å²) in [5.74, 6) is -0.0600. The minimum absolute atomic E-state index is 0. The monoisotopic (exact) mass is 287 g/mol. The summed E-state index contributed by atoms with van der Waals surface area (Å²) in [5.41, 5.74) is 0.801. The van der Waals surface area contributed by atoms with E-state index in [4.69, 9.17) is 4.74 Å². The van der Waals surface area contributed by atoms with Gasteiger partial charge in [-0.2, -0.15) is 0 Å². The van der Waals surface area contributed by atoms with Crippen LogP contribution in [0.25, 0.3) is 0 Å². The number of hydrogen-bond acceptors (Lipinski definition) is 4. The van der Waals surface area contributed by atoms with E-state index in [9.17, 15) is 9.90 Å². The van der Waals surface area contributed by atoms with Crippen molar-refractivity contribution >= 4 is 18.4 Å². The number of rotatable bonds is 4. The van der Waals surface area contributed by atoms with Crippen molar-refractivity contribution < 1.29 is 14.6 Å². The molecule has 1 atom stereocenters. The molecule has 0 heterocycles. The van der Waals surface area contributed by atoms with Crippen LogP contribution in [0.5, 0.6) is 5.75 Å². The molecular weight excluding hydrogens is 266 g/mol. The number of esters is 1. The first-order valence-corrected chi connectivity index (χ1v) is 5.95. The number of carbonyl (C=O) groups is 1. The summed E-state index contributed by atoms with van der Waals surface area (Å²) in [6.07, 6.45) is 0.532. The largest absolute Gasteiger partial charge is 0.508 e. The second-order valence-electron chi connectivity index (χ2n) is 5.34. The fourth-order valence-electron chi connectivity index (χ4n) is 1.73. The standard InChI is InChI=1S/C14H21NO3.ClH/c1-14(2,3)15-12(13(17)18-4)9-10-5-7-11(16)8-6-10;/h5-8,12,15-16H,9H2,1-4H3;1H/t12-;/m0./s1. The molecule has 0 unspecified atom stereocenters. The predicted octanol–water partition coefficient (Wildman–Crippen LogP) is 2.29.